The Balaban J connectivity index is 2.16. The van der Waals surface area contributed by atoms with Gasteiger partial charge in [-0.1, -0.05) is 26.0 Å². The van der Waals surface area contributed by atoms with E-state index in [1.807, 2.05) is 12.1 Å². The SMILES string of the molecule is CCN(CC)CCCCNC(=O)COc1ccccc1OC. The third-order valence-corrected chi connectivity index (χ3v) is 3.55. The minimum atomic E-state index is -0.103. The molecule has 1 amide bonds. The van der Waals surface area contributed by atoms with Crippen LogP contribution in [0.5, 0.6) is 11.5 Å². The van der Waals surface area contributed by atoms with Crippen LogP contribution in [0.25, 0.3) is 0 Å². The standard InChI is InChI=1S/C17H28N2O3/c1-4-19(5-2)13-9-8-12-18-17(20)14-22-16-11-7-6-10-15(16)21-3/h6-7,10-11H,4-5,8-9,12-14H2,1-3H3,(H,18,20). The smallest absolute Gasteiger partial charge is 0.257 e. The van der Waals surface area contributed by atoms with E-state index in [4.69, 9.17) is 9.47 Å². The highest BCUT2D eigenvalue weighted by Gasteiger charge is 2.06. The van der Waals surface area contributed by atoms with Crippen LogP contribution in [0.15, 0.2) is 24.3 Å². The van der Waals surface area contributed by atoms with Gasteiger partial charge in [0.1, 0.15) is 0 Å². The first-order valence-electron chi connectivity index (χ1n) is 7.96. The fourth-order valence-corrected chi connectivity index (χ4v) is 2.16. The molecule has 22 heavy (non-hydrogen) atoms. The number of nitrogens with zero attached hydrogens (tertiary/aromatic N) is 1. The van der Waals surface area contributed by atoms with E-state index in [-0.39, 0.29) is 12.5 Å². The van der Waals surface area contributed by atoms with E-state index >= 15 is 0 Å². The maximum atomic E-state index is 11.7. The lowest BCUT2D eigenvalue weighted by molar-refractivity contribution is -0.123. The summed E-state index contributed by atoms with van der Waals surface area (Å²) in [4.78, 5) is 14.1. The summed E-state index contributed by atoms with van der Waals surface area (Å²) >= 11 is 0. The molecular formula is C17H28N2O3. The molecule has 0 aliphatic rings. The van der Waals surface area contributed by atoms with Crippen LogP contribution in [0, 0.1) is 0 Å². The lowest BCUT2D eigenvalue weighted by Crippen LogP contribution is -2.30. The second-order valence-electron chi connectivity index (χ2n) is 5.02. The van der Waals surface area contributed by atoms with Crippen molar-refractivity contribution in [3.05, 3.63) is 24.3 Å². The van der Waals surface area contributed by atoms with Gasteiger partial charge in [-0.05, 0) is 44.6 Å². The first kappa shape index (κ1) is 18.3. The monoisotopic (exact) mass is 308 g/mol. The molecule has 0 atom stereocenters. The van der Waals surface area contributed by atoms with Crippen LogP contribution in [-0.4, -0.2) is 50.7 Å². The number of hydrogen-bond acceptors (Lipinski definition) is 4. The Labute approximate surface area is 133 Å². The molecule has 5 nitrogen and oxygen atoms in total. The number of para-hydroxylation sites is 2. The number of ether oxygens (including phenoxy) is 2. The molecule has 0 aliphatic heterocycles. The van der Waals surface area contributed by atoms with Gasteiger partial charge in [0.25, 0.3) is 5.91 Å². The molecule has 1 N–H and O–H groups in total. The van der Waals surface area contributed by atoms with Gasteiger partial charge in [-0.25, -0.2) is 0 Å². The minimum Gasteiger partial charge on any atom is -0.493 e. The summed E-state index contributed by atoms with van der Waals surface area (Å²) in [6, 6.07) is 7.31. The Kier molecular flexibility index (Phi) is 9.07. The van der Waals surface area contributed by atoms with E-state index in [0.717, 1.165) is 32.5 Å². The van der Waals surface area contributed by atoms with Crippen molar-refractivity contribution in [1.82, 2.24) is 10.2 Å². The summed E-state index contributed by atoms with van der Waals surface area (Å²) in [6.07, 6.45) is 2.08. The second-order valence-corrected chi connectivity index (χ2v) is 5.02. The summed E-state index contributed by atoms with van der Waals surface area (Å²) in [5.74, 6) is 1.12. The normalized spacial score (nSPS) is 10.5. The Bertz CT molecular complexity index is 434. The maximum Gasteiger partial charge on any atom is 0.257 e. The van der Waals surface area contributed by atoms with Gasteiger partial charge >= 0.3 is 0 Å². The van der Waals surface area contributed by atoms with E-state index in [1.165, 1.54) is 0 Å². The number of rotatable bonds is 11. The molecule has 1 aromatic rings. The summed E-state index contributed by atoms with van der Waals surface area (Å²) in [7, 11) is 1.58. The van der Waals surface area contributed by atoms with Crippen LogP contribution >= 0.6 is 0 Å². The molecule has 124 valence electrons. The fourth-order valence-electron chi connectivity index (χ4n) is 2.16. The molecule has 0 aromatic heterocycles. The average Bonchev–Trinajstić information content (AvgIpc) is 2.56. The molecule has 0 saturated heterocycles. The van der Waals surface area contributed by atoms with Crippen LogP contribution in [0.3, 0.4) is 0 Å². The summed E-state index contributed by atoms with van der Waals surface area (Å²) < 4.78 is 10.6. The van der Waals surface area contributed by atoms with Crippen LogP contribution in [-0.2, 0) is 4.79 Å². The van der Waals surface area contributed by atoms with Crippen LogP contribution in [0.1, 0.15) is 26.7 Å². The number of amides is 1. The predicted octanol–water partition coefficient (Wildman–Crippen LogP) is 2.31. The molecule has 0 spiro atoms. The van der Waals surface area contributed by atoms with E-state index in [9.17, 15) is 4.79 Å². The Hall–Kier alpha value is -1.75. The molecule has 5 heteroatoms. The van der Waals surface area contributed by atoms with Crippen LogP contribution in [0.4, 0.5) is 0 Å². The molecule has 0 saturated carbocycles. The number of benzene rings is 1. The Morgan fingerprint density at radius 3 is 2.45 bits per heavy atom. The molecule has 0 aliphatic carbocycles. The van der Waals surface area contributed by atoms with Crippen molar-refractivity contribution < 1.29 is 14.3 Å². The summed E-state index contributed by atoms with van der Waals surface area (Å²) in [6.45, 7) is 8.28. The average molecular weight is 308 g/mol. The molecule has 0 heterocycles. The van der Waals surface area contributed by atoms with Crippen molar-refractivity contribution >= 4 is 5.91 Å². The zero-order valence-electron chi connectivity index (χ0n) is 13.9. The van der Waals surface area contributed by atoms with Crippen molar-refractivity contribution in [2.45, 2.75) is 26.7 Å². The van der Waals surface area contributed by atoms with Crippen LogP contribution in [0.2, 0.25) is 0 Å². The Morgan fingerprint density at radius 2 is 1.82 bits per heavy atom. The lowest BCUT2D eigenvalue weighted by Gasteiger charge is -2.17. The van der Waals surface area contributed by atoms with Gasteiger partial charge in [-0.3, -0.25) is 4.79 Å². The molecule has 0 bridgehead atoms. The van der Waals surface area contributed by atoms with Gasteiger partial charge in [-0.15, -0.1) is 0 Å². The van der Waals surface area contributed by atoms with E-state index in [2.05, 4.69) is 24.1 Å². The third kappa shape index (κ3) is 6.80. The molecule has 1 aromatic carbocycles. The van der Waals surface area contributed by atoms with Gasteiger partial charge in [-0.2, -0.15) is 0 Å². The van der Waals surface area contributed by atoms with Crippen molar-refractivity contribution in [3.63, 3.8) is 0 Å². The quantitative estimate of drug-likeness (QED) is 0.637. The van der Waals surface area contributed by atoms with Crippen molar-refractivity contribution in [1.29, 1.82) is 0 Å². The van der Waals surface area contributed by atoms with Gasteiger partial charge in [0, 0.05) is 6.54 Å². The first-order valence-corrected chi connectivity index (χ1v) is 7.96. The molecule has 0 radical (unpaired) electrons. The third-order valence-electron chi connectivity index (χ3n) is 3.55. The summed E-state index contributed by atoms with van der Waals surface area (Å²) in [5.41, 5.74) is 0. The lowest BCUT2D eigenvalue weighted by atomic mass is 10.3. The number of methoxy groups -OCH3 is 1. The van der Waals surface area contributed by atoms with Crippen molar-refractivity contribution in [2.24, 2.45) is 0 Å². The highest BCUT2D eigenvalue weighted by molar-refractivity contribution is 5.77. The Morgan fingerprint density at radius 1 is 1.14 bits per heavy atom. The minimum absolute atomic E-state index is 0.0103. The molecule has 1 rings (SSSR count). The zero-order valence-corrected chi connectivity index (χ0v) is 13.9. The molecular weight excluding hydrogens is 280 g/mol. The van der Waals surface area contributed by atoms with Gasteiger partial charge < -0.3 is 19.7 Å². The largest absolute Gasteiger partial charge is 0.493 e. The number of hydrogen-bond donors (Lipinski definition) is 1. The van der Waals surface area contributed by atoms with Crippen molar-refractivity contribution in [3.8, 4) is 11.5 Å². The zero-order chi connectivity index (χ0) is 16.2. The van der Waals surface area contributed by atoms with E-state index in [1.54, 1.807) is 19.2 Å². The van der Waals surface area contributed by atoms with Crippen LogP contribution < -0.4 is 14.8 Å². The highest BCUT2D eigenvalue weighted by Crippen LogP contribution is 2.25. The first-order chi connectivity index (χ1) is 10.7. The van der Waals surface area contributed by atoms with Crippen molar-refractivity contribution in [2.75, 3.05) is 39.9 Å². The topological polar surface area (TPSA) is 50.8 Å². The highest BCUT2D eigenvalue weighted by atomic mass is 16.5. The van der Waals surface area contributed by atoms with E-state index in [0.29, 0.717) is 18.0 Å². The maximum absolute atomic E-state index is 11.7. The molecule has 0 unspecified atom stereocenters. The molecule has 0 fully saturated rings. The van der Waals surface area contributed by atoms with E-state index < -0.39 is 0 Å². The second kappa shape index (κ2) is 10.9. The fraction of sp³-hybridized carbons (Fsp3) is 0.588. The summed E-state index contributed by atoms with van der Waals surface area (Å²) in [5, 5.41) is 2.88. The number of nitrogens with one attached hydrogen (secondary N) is 1. The number of unbranched alkanes of at least 4 members (excludes halogenated alkanes) is 1. The number of carbonyl (C=O) groups is 1. The van der Waals surface area contributed by atoms with Gasteiger partial charge in [0.2, 0.25) is 0 Å². The number of carbonyl (C=O) groups excluding carboxylic acids is 1. The van der Waals surface area contributed by atoms with Gasteiger partial charge in [0.05, 0.1) is 7.11 Å². The predicted molar refractivity (Wildman–Crippen MR) is 88.5 cm³/mol. The van der Waals surface area contributed by atoms with Gasteiger partial charge in [0.15, 0.2) is 18.1 Å².